The number of para-hydroxylation sites is 1. The number of aliphatic hydroxyl groups excluding tert-OH is 1. The first kappa shape index (κ1) is 29.0. The normalized spacial score (nSPS) is 22.2. The number of hydrogen-bond acceptors (Lipinski definition) is 5. The van der Waals surface area contributed by atoms with Crippen molar-refractivity contribution in [1.82, 2.24) is 24.0 Å². The second-order valence-corrected chi connectivity index (χ2v) is 13.2. The fourth-order valence-corrected chi connectivity index (χ4v) is 7.27. The number of nitrogens with zero attached hydrogens (tertiary/aromatic N) is 5. The highest BCUT2D eigenvalue weighted by atomic mass is 19.1. The Morgan fingerprint density at radius 3 is 2.57 bits per heavy atom. The van der Waals surface area contributed by atoms with Gasteiger partial charge in [0.25, 0.3) is 11.8 Å². The van der Waals surface area contributed by atoms with Gasteiger partial charge >= 0.3 is 0 Å². The van der Waals surface area contributed by atoms with E-state index < -0.39 is 12.3 Å². The molecule has 5 heterocycles. The fourth-order valence-electron chi connectivity index (χ4n) is 7.27. The van der Waals surface area contributed by atoms with Gasteiger partial charge in [-0.05, 0) is 81.5 Å². The highest BCUT2D eigenvalue weighted by molar-refractivity contribution is 5.95. The van der Waals surface area contributed by atoms with Crippen LogP contribution in [-0.4, -0.2) is 85.4 Å². The van der Waals surface area contributed by atoms with E-state index in [-0.39, 0.29) is 30.8 Å². The summed E-state index contributed by atoms with van der Waals surface area (Å²) in [5.74, 6) is 0.534. The molecule has 2 saturated heterocycles. The third-order valence-corrected chi connectivity index (χ3v) is 9.78. The number of aryl methyl sites for hydroxylation is 1. The fraction of sp³-hybridized carbons (Fsp3) is 0.500. The molecule has 0 unspecified atom stereocenters. The number of benzene rings is 1. The lowest BCUT2D eigenvalue weighted by Crippen LogP contribution is -2.50. The van der Waals surface area contributed by atoms with E-state index in [1.165, 1.54) is 41.1 Å². The molecule has 232 valence electrons. The molecular formula is C34H41FN6O3. The van der Waals surface area contributed by atoms with Crippen molar-refractivity contribution in [1.29, 1.82) is 0 Å². The van der Waals surface area contributed by atoms with Crippen LogP contribution in [0.25, 0.3) is 27.8 Å². The predicted molar refractivity (Wildman–Crippen MR) is 167 cm³/mol. The van der Waals surface area contributed by atoms with Gasteiger partial charge in [-0.2, -0.15) is 5.10 Å². The van der Waals surface area contributed by atoms with E-state index in [0.717, 1.165) is 41.9 Å². The summed E-state index contributed by atoms with van der Waals surface area (Å²) in [4.78, 5) is 29.0. The summed E-state index contributed by atoms with van der Waals surface area (Å²) in [5, 5.41) is 16.0. The molecule has 1 aliphatic carbocycles. The molecule has 3 atom stereocenters. The molecule has 44 heavy (non-hydrogen) atoms. The SMILES string of the molecule is Cc1c(-c2cc3cccc(C4CCN(C(=O)[C@@H](C)O)CC4)c3n2CC2CC2)nn2cc(C(=O)N3C[C@H](N)C[C@@H](F)C3)ccc12. The number of pyridine rings is 1. The summed E-state index contributed by atoms with van der Waals surface area (Å²) in [6.07, 6.45) is 4.11. The summed E-state index contributed by atoms with van der Waals surface area (Å²) < 4.78 is 18.4. The maximum atomic E-state index is 14.2. The quantitative estimate of drug-likeness (QED) is 0.344. The molecule has 2 amide bonds. The largest absolute Gasteiger partial charge is 0.384 e. The molecule has 1 saturated carbocycles. The smallest absolute Gasteiger partial charge is 0.255 e. The Hall–Kier alpha value is -3.76. The first-order chi connectivity index (χ1) is 21.2. The molecule has 9 nitrogen and oxygen atoms in total. The van der Waals surface area contributed by atoms with Crippen molar-refractivity contribution in [2.75, 3.05) is 26.2 Å². The van der Waals surface area contributed by atoms with Crippen LogP contribution in [0.1, 0.15) is 66.4 Å². The van der Waals surface area contributed by atoms with Gasteiger partial charge in [-0.1, -0.05) is 18.2 Å². The number of carbonyl (C=O) groups is 2. The number of rotatable bonds is 6. The van der Waals surface area contributed by atoms with Crippen LogP contribution in [-0.2, 0) is 11.3 Å². The Labute approximate surface area is 256 Å². The van der Waals surface area contributed by atoms with Crippen molar-refractivity contribution in [2.24, 2.45) is 11.7 Å². The number of piperidine rings is 2. The molecule has 3 aliphatic rings. The minimum Gasteiger partial charge on any atom is -0.384 e. The minimum absolute atomic E-state index is 0.0629. The number of hydrogen-bond donors (Lipinski definition) is 2. The Balaban J connectivity index is 1.25. The third-order valence-electron chi connectivity index (χ3n) is 9.78. The van der Waals surface area contributed by atoms with Gasteiger partial charge in [0.15, 0.2) is 0 Å². The van der Waals surface area contributed by atoms with Crippen LogP contribution < -0.4 is 5.73 Å². The van der Waals surface area contributed by atoms with E-state index >= 15 is 0 Å². The molecule has 0 bridgehead atoms. The van der Waals surface area contributed by atoms with Crippen molar-refractivity contribution in [3.8, 4) is 11.4 Å². The summed E-state index contributed by atoms with van der Waals surface area (Å²) in [6, 6.07) is 12.1. The number of amides is 2. The van der Waals surface area contributed by atoms with Gasteiger partial charge < -0.3 is 25.2 Å². The lowest BCUT2D eigenvalue weighted by Gasteiger charge is -2.33. The van der Waals surface area contributed by atoms with Gasteiger partial charge in [0, 0.05) is 49.4 Å². The Morgan fingerprint density at radius 2 is 1.86 bits per heavy atom. The van der Waals surface area contributed by atoms with Crippen molar-refractivity contribution in [3.05, 3.63) is 59.3 Å². The zero-order valence-electron chi connectivity index (χ0n) is 25.5. The summed E-state index contributed by atoms with van der Waals surface area (Å²) in [7, 11) is 0. The van der Waals surface area contributed by atoms with Gasteiger partial charge in [-0.15, -0.1) is 0 Å². The summed E-state index contributed by atoms with van der Waals surface area (Å²) in [5.41, 5.74) is 12.9. The van der Waals surface area contributed by atoms with Gasteiger partial charge in [0.1, 0.15) is 18.0 Å². The van der Waals surface area contributed by atoms with E-state index in [9.17, 15) is 19.1 Å². The number of carbonyl (C=O) groups excluding carboxylic acids is 2. The molecule has 0 spiro atoms. The molecule has 10 heteroatoms. The number of alkyl halides is 1. The zero-order chi connectivity index (χ0) is 30.7. The number of aliphatic hydroxyl groups is 1. The second-order valence-electron chi connectivity index (χ2n) is 13.2. The summed E-state index contributed by atoms with van der Waals surface area (Å²) in [6.45, 7) is 6.23. The minimum atomic E-state index is -1.11. The van der Waals surface area contributed by atoms with Crippen LogP contribution >= 0.6 is 0 Å². The number of nitrogens with two attached hydrogens (primary N) is 1. The number of halogens is 1. The van der Waals surface area contributed by atoms with Gasteiger partial charge in [0.05, 0.1) is 28.8 Å². The van der Waals surface area contributed by atoms with E-state index in [0.29, 0.717) is 37.0 Å². The molecule has 1 aromatic carbocycles. The lowest BCUT2D eigenvalue weighted by molar-refractivity contribution is -0.140. The van der Waals surface area contributed by atoms with E-state index in [1.807, 2.05) is 6.07 Å². The van der Waals surface area contributed by atoms with Crippen molar-refractivity contribution >= 4 is 28.2 Å². The lowest BCUT2D eigenvalue weighted by atomic mass is 9.88. The van der Waals surface area contributed by atoms with Gasteiger partial charge in [-0.25, -0.2) is 8.91 Å². The number of fused-ring (bicyclic) bond motifs is 2. The Kier molecular flexibility index (Phi) is 7.45. The first-order valence-electron chi connectivity index (χ1n) is 15.9. The molecule has 0 radical (unpaired) electrons. The number of likely N-dealkylation sites (tertiary alicyclic amines) is 2. The van der Waals surface area contributed by atoms with Crippen LogP contribution in [0.5, 0.6) is 0 Å². The van der Waals surface area contributed by atoms with Crippen molar-refractivity contribution in [2.45, 2.75) is 76.7 Å². The second kappa shape index (κ2) is 11.3. The molecular weight excluding hydrogens is 559 g/mol. The third kappa shape index (κ3) is 5.28. The molecule has 7 rings (SSSR count). The standard InChI is InChI=1S/C34H41FN6O3/c1-20-29-9-8-25(34(44)39-18-26(35)15-27(36)19-39)17-41(29)37-31(20)30-14-24-4-3-5-28(32(24)40(30)16-22-6-7-22)23-10-12-38(13-11-23)33(43)21(2)42/h3-5,8-9,14,17,21-23,26-27,42H,6-7,10-13,15-16,18-19,36H2,1-2H3/t21-,26-,27-/m1/s1. The highest BCUT2D eigenvalue weighted by Crippen LogP contribution is 2.41. The van der Waals surface area contributed by atoms with Gasteiger partial charge in [-0.3, -0.25) is 9.59 Å². The molecule has 3 N–H and O–H groups in total. The van der Waals surface area contributed by atoms with E-state index in [1.54, 1.807) is 21.7 Å². The molecule has 3 fully saturated rings. The Morgan fingerprint density at radius 1 is 1.09 bits per heavy atom. The van der Waals surface area contributed by atoms with Crippen molar-refractivity contribution < 1.29 is 19.1 Å². The van der Waals surface area contributed by atoms with E-state index in [4.69, 9.17) is 10.8 Å². The molecule has 3 aromatic heterocycles. The monoisotopic (exact) mass is 600 g/mol. The average molecular weight is 601 g/mol. The van der Waals surface area contributed by atoms with Crippen LogP contribution in [0, 0.1) is 12.8 Å². The van der Waals surface area contributed by atoms with Crippen LogP contribution in [0.4, 0.5) is 4.39 Å². The topological polar surface area (TPSA) is 109 Å². The summed E-state index contributed by atoms with van der Waals surface area (Å²) >= 11 is 0. The molecule has 4 aromatic rings. The van der Waals surface area contributed by atoms with Crippen molar-refractivity contribution in [3.63, 3.8) is 0 Å². The van der Waals surface area contributed by atoms with Crippen LogP contribution in [0.2, 0.25) is 0 Å². The number of aromatic nitrogens is 3. The maximum absolute atomic E-state index is 14.2. The Bertz CT molecular complexity index is 1720. The molecule has 2 aliphatic heterocycles. The van der Waals surface area contributed by atoms with E-state index in [2.05, 4.69) is 35.8 Å². The highest BCUT2D eigenvalue weighted by Gasteiger charge is 2.31. The van der Waals surface area contributed by atoms with Crippen LogP contribution in [0.3, 0.4) is 0 Å². The first-order valence-corrected chi connectivity index (χ1v) is 15.9. The van der Waals surface area contributed by atoms with Crippen LogP contribution in [0.15, 0.2) is 42.6 Å². The van der Waals surface area contributed by atoms with Gasteiger partial charge in [0.2, 0.25) is 0 Å². The zero-order valence-corrected chi connectivity index (χ0v) is 25.5. The average Bonchev–Trinajstić information content (AvgIpc) is 3.68. The predicted octanol–water partition coefficient (Wildman–Crippen LogP) is 4.27. The maximum Gasteiger partial charge on any atom is 0.255 e.